The summed E-state index contributed by atoms with van der Waals surface area (Å²) in [5, 5.41) is 3.03. The Morgan fingerprint density at radius 2 is 2.05 bits per heavy atom. The first-order valence-corrected chi connectivity index (χ1v) is 7.33. The van der Waals surface area contributed by atoms with Gasteiger partial charge in [0, 0.05) is 11.7 Å². The maximum absolute atomic E-state index is 12.7. The number of amides is 2. The summed E-state index contributed by atoms with van der Waals surface area (Å²) < 4.78 is 0. The van der Waals surface area contributed by atoms with Gasteiger partial charge in [0.2, 0.25) is 5.91 Å². The summed E-state index contributed by atoms with van der Waals surface area (Å²) in [6.07, 6.45) is 4.21. The highest BCUT2D eigenvalue weighted by atomic mass is 16.2. The molecule has 1 saturated heterocycles. The van der Waals surface area contributed by atoms with Crippen molar-refractivity contribution >= 4 is 11.8 Å². The molecule has 2 aliphatic rings. The number of piperazine rings is 1. The van der Waals surface area contributed by atoms with Crippen molar-refractivity contribution in [3.05, 3.63) is 23.0 Å². The van der Waals surface area contributed by atoms with Gasteiger partial charge in [0.25, 0.3) is 5.91 Å². The first-order chi connectivity index (χ1) is 9.56. The third kappa shape index (κ3) is 2.21. The van der Waals surface area contributed by atoms with Crippen molar-refractivity contribution in [3.63, 3.8) is 0 Å². The summed E-state index contributed by atoms with van der Waals surface area (Å²) in [5.41, 5.74) is 2.56. The van der Waals surface area contributed by atoms with Gasteiger partial charge < -0.3 is 15.2 Å². The van der Waals surface area contributed by atoms with Crippen LogP contribution in [0, 0.1) is 13.8 Å². The fourth-order valence-electron chi connectivity index (χ4n) is 3.49. The Balaban J connectivity index is 1.88. The monoisotopic (exact) mass is 275 g/mol. The Bertz CT molecular complexity index is 549. The molecule has 0 unspecified atom stereocenters. The molecule has 108 valence electrons. The molecule has 0 radical (unpaired) electrons. The van der Waals surface area contributed by atoms with Crippen LogP contribution in [0.4, 0.5) is 0 Å². The zero-order valence-corrected chi connectivity index (χ0v) is 12.0. The van der Waals surface area contributed by atoms with E-state index in [1.807, 2.05) is 19.9 Å². The van der Waals surface area contributed by atoms with Gasteiger partial charge in [-0.05, 0) is 38.3 Å². The average Bonchev–Trinajstić information content (AvgIpc) is 2.76. The summed E-state index contributed by atoms with van der Waals surface area (Å²) in [6.45, 7) is 4.05. The van der Waals surface area contributed by atoms with Crippen LogP contribution in [0.5, 0.6) is 0 Å². The molecule has 1 saturated carbocycles. The second-order valence-electron chi connectivity index (χ2n) is 5.97. The lowest BCUT2D eigenvalue weighted by Crippen LogP contribution is -2.63. The van der Waals surface area contributed by atoms with Crippen LogP contribution in [0.2, 0.25) is 0 Å². The summed E-state index contributed by atoms with van der Waals surface area (Å²) in [5.74, 6) is -0.0789. The largest absolute Gasteiger partial charge is 0.354 e. The second kappa shape index (κ2) is 4.96. The van der Waals surface area contributed by atoms with Crippen LogP contribution in [0.3, 0.4) is 0 Å². The molecule has 3 rings (SSSR count). The highest BCUT2D eigenvalue weighted by molar-refractivity contribution is 5.97. The Hall–Kier alpha value is -1.78. The van der Waals surface area contributed by atoms with E-state index in [2.05, 4.69) is 10.3 Å². The standard InChI is InChI=1S/C15H21N3O2/c1-9-7-10(2)16-14(9)15(20)18-8-13(19)17-11-5-3-4-6-12(11)18/h7,11-12,16H,3-6,8H2,1-2H3,(H,17,19)/t11-,12-/m0/s1. The van der Waals surface area contributed by atoms with Gasteiger partial charge >= 0.3 is 0 Å². The lowest BCUT2D eigenvalue weighted by Gasteiger charge is -2.43. The van der Waals surface area contributed by atoms with E-state index in [0.717, 1.165) is 36.9 Å². The van der Waals surface area contributed by atoms with Crippen LogP contribution in [0.15, 0.2) is 6.07 Å². The molecule has 1 aromatic rings. The lowest BCUT2D eigenvalue weighted by atomic mass is 9.87. The summed E-state index contributed by atoms with van der Waals surface area (Å²) in [7, 11) is 0. The Labute approximate surface area is 118 Å². The number of rotatable bonds is 1. The quantitative estimate of drug-likeness (QED) is 0.816. The van der Waals surface area contributed by atoms with Gasteiger partial charge in [0.1, 0.15) is 12.2 Å². The molecule has 0 bridgehead atoms. The fraction of sp³-hybridized carbons (Fsp3) is 0.600. The first kappa shape index (κ1) is 13.2. The van der Waals surface area contributed by atoms with Crippen molar-refractivity contribution in [2.75, 3.05) is 6.54 Å². The van der Waals surface area contributed by atoms with E-state index in [-0.39, 0.29) is 30.4 Å². The SMILES string of the molecule is Cc1cc(C)c(C(=O)N2CC(=O)N[C@H]3CCCC[C@@H]32)[nH]1. The van der Waals surface area contributed by atoms with Crippen LogP contribution < -0.4 is 5.32 Å². The van der Waals surface area contributed by atoms with Crippen molar-refractivity contribution in [2.45, 2.75) is 51.6 Å². The Morgan fingerprint density at radius 3 is 2.75 bits per heavy atom. The minimum Gasteiger partial charge on any atom is -0.354 e. The number of aromatic nitrogens is 1. The molecule has 2 heterocycles. The summed E-state index contributed by atoms with van der Waals surface area (Å²) in [6, 6.07) is 2.25. The maximum Gasteiger partial charge on any atom is 0.271 e. The predicted octanol–water partition coefficient (Wildman–Crippen LogP) is 1.51. The summed E-state index contributed by atoms with van der Waals surface area (Å²) >= 11 is 0. The number of hydrogen-bond acceptors (Lipinski definition) is 2. The minimum atomic E-state index is -0.0395. The number of fused-ring (bicyclic) bond motifs is 1. The molecular weight excluding hydrogens is 254 g/mol. The molecule has 0 aromatic carbocycles. The van der Waals surface area contributed by atoms with Gasteiger partial charge in [0.15, 0.2) is 0 Å². The van der Waals surface area contributed by atoms with Gasteiger partial charge in [-0.2, -0.15) is 0 Å². The topological polar surface area (TPSA) is 65.2 Å². The van der Waals surface area contributed by atoms with Gasteiger partial charge in [0.05, 0.1) is 6.04 Å². The zero-order chi connectivity index (χ0) is 14.3. The first-order valence-electron chi connectivity index (χ1n) is 7.33. The maximum atomic E-state index is 12.7. The van der Waals surface area contributed by atoms with Gasteiger partial charge in [-0.1, -0.05) is 12.8 Å². The number of nitrogens with zero attached hydrogens (tertiary/aromatic N) is 1. The van der Waals surface area contributed by atoms with E-state index >= 15 is 0 Å². The van der Waals surface area contributed by atoms with Crippen molar-refractivity contribution in [2.24, 2.45) is 0 Å². The van der Waals surface area contributed by atoms with E-state index in [0.29, 0.717) is 5.69 Å². The molecule has 1 aliphatic carbocycles. The molecule has 1 aromatic heterocycles. The van der Waals surface area contributed by atoms with Gasteiger partial charge in [-0.25, -0.2) is 0 Å². The number of hydrogen-bond donors (Lipinski definition) is 2. The van der Waals surface area contributed by atoms with E-state index in [1.165, 1.54) is 0 Å². The number of H-pyrrole nitrogens is 1. The molecule has 2 fully saturated rings. The fourth-order valence-corrected chi connectivity index (χ4v) is 3.49. The molecule has 20 heavy (non-hydrogen) atoms. The normalized spacial score (nSPS) is 26.1. The zero-order valence-electron chi connectivity index (χ0n) is 12.0. The van der Waals surface area contributed by atoms with Crippen LogP contribution in [0.25, 0.3) is 0 Å². The minimum absolute atomic E-state index is 0.0394. The molecular formula is C15H21N3O2. The van der Waals surface area contributed by atoms with E-state index in [9.17, 15) is 9.59 Å². The van der Waals surface area contributed by atoms with Crippen molar-refractivity contribution in [3.8, 4) is 0 Å². The van der Waals surface area contributed by atoms with Crippen LogP contribution in [-0.4, -0.2) is 40.3 Å². The molecule has 0 spiro atoms. The highest BCUT2D eigenvalue weighted by Gasteiger charge is 2.39. The Morgan fingerprint density at radius 1 is 1.30 bits per heavy atom. The highest BCUT2D eigenvalue weighted by Crippen LogP contribution is 2.27. The molecule has 5 nitrogen and oxygen atoms in total. The Kier molecular flexibility index (Phi) is 3.28. The van der Waals surface area contributed by atoms with Gasteiger partial charge in [-0.3, -0.25) is 9.59 Å². The number of aromatic amines is 1. The van der Waals surface area contributed by atoms with Crippen LogP contribution in [-0.2, 0) is 4.79 Å². The van der Waals surface area contributed by atoms with Crippen molar-refractivity contribution in [1.82, 2.24) is 15.2 Å². The lowest BCUT2D eigenvalue weighted by molar-refractivity contribution is -0.127. The van der Waals surface area contributed by atoms with E-state index in [1.54, 1.807) is 4.90 Å². The van der Waals surface area contributed by atoms with E-state index < -0.39 is 0 Å². The van der Waals surface area contributed by atoms with Gasteiger partial charge in [-0.15, -0.1) is 0 Å². The average molecular weight is 275 g/mol. The number of carbonyl (C=O) groups excluding carboxylic acids is 2. The third-order valence-corrected chi connectivity index (χ3v) is 4.41. The molecule has 2 N–H and O–H groups in total. The number of aryl methyl sites for hydroxylation is 2. The van der Waals surface area contributed by atoms with Crippen LogP contribution >= 0.6 is 0 Å². The van der Waals surface area contributed by atoms with E-state index in [4.69, 9.17) is 0 Å². The number of carbonyl (C=O) groups is 2. The predicted molar refractivity (Wildman–Crippen MR) is 75.5 cm³/mol. The smallest absolute Gasteiger partial charge is 0.271 e. The van der Waals surface area contributed by atoms with Crippen molar-refractivity contribution in [1.29, 1.82) is 0 Å². The molecule has 5 heteroatoms. The third-order valence-electron chi connectivity index (χ3n) is 4.41. The molecule has 2 amide bonds. The molecule has 1 aliphatic heterocycles. The van der Waals surface area contributed by atoms with Crippen LogP contribution in [0.1, 0.15) is 47.4 Å². The van der Waals surface area contributed by atoms with Crippen molar-refractivity contribution < 1.29 is 9.59 Å². The molecule has 2 atom stereocenters. The second-order valence-corrected chi connectivity index (χ2v) is 5.97. The summed E-state index contributed by atoms with van der Waals surface area (Å²) in [4.78, 5) is 29.5. The number of nitrogens with one attached hydrogen (secondary N) is 2.